The standard InChI is InChI=1S/C16H23NO7/c1-21-14-12(15(22-2)24-11(8-18)13(14)19)17-16(20)23-9-10-6-4-3-5-7-10/h3-7,11-15,18-19H,8-9H2,1-2H3,(H,17,20)/t11-,12+,13-,14-,15+/m1/s1. The van der Waals surface area contributed by atoms with Crippen LogP contribution in [0.3, 0.4) is 0 Å². The molecule has 1 fully saturated rings. The number of ether oxygens (including phenoxy) is 4. The van der Waals surface area contributed by atoms with E-state index < -0.39 is 43.3 Å². The molecule has 8 nitrogen and oxygen atoms in total. The van der Waals surface area contributed by atoms with Gasteiger partial charge in [0.2, 0.25) is 0 Å². The largest absolute Gasteiger partial charge is 0.445 e. The van der Waals surface area contributed by atoms with Gasteiger partial charge in [0.25, 0.3) is 0 Å². The Kier molecular flexibility index (Phi) is 6.95. The lowest BCUT2D eigenvalue weighted by Crippen LogP contribution is -2.65. The average Bonchev–Trinajstić information content (AvgIpc) is 2.61. The highest BCUT2D eigenvalue weighted by molar-refractivity contribution is 5.67. The van der Waals surface area contributed by atoms with Crippen LogP contribution in [0.2, 0.25) is 0 Å². The van der Waals surface area contributed by atoms with Crippen LogP contribution in [0, 0.1) is 0 Å². The molecule has 0 spiro atoms. The number of rotatable bonds is 6. The maximum atomic E-state index is 12.0. The molecular formula is C16H23NO7. The summed E-state index contributed by atoms with van der Waals surface area (Å²) in [5.41, 5.74) is 0.847. The highest BCUT2D eigenvalue weighted by atomic mass is 16.7. The molecule has 8 heteroatoms. The van der Waals surface area contributed by atoms with Crippen molar-refractivity contribution in [3.63, 3.8) is 0 Å². The first-order valence-corrected chi connectivity index (χ1v) is 7.58. The predicted molar refractivity (Wildman–Crippen MR) is 83.1 cm³/mol. The fourth-order valence-electron chi connectivity index (χ4n) is 2.61. The fraction of sp³-hybridized carbons (Fsp3) is 0.562. The maximum Gasteiger partial charge on any atom is 0.407 e. The molecule has 0 bridgehead atoms. The second-order valence-electron chi connectivity index (χ2n) is 5.38. The molecule has 5 atom stereocenters. The van der Waals surface area contributed by atoms with Crippen molar-refractivity contribution in [2.24, 2.45) is 0 Å². The quantitative estimate of drug-likeness (QED) is 0.670. The minimum absolute atomic E-state index is 0.108. The van der Waals surface area contributed by atoms with E-state index in [0.29, 0.717) is 0 Å². The Labute approximate surface area is 140 Å². The summed E-state index contributed by atoms with van der Waals surface area (Å²) >= 11 is 0. The number of amides is 1. The van der Waals surface area contributed by atoms with Gasteiger partial charge >= 0.3 is 6.09 Å². The van der Waals surface area contributed by atoms with Crippen molar-refractivity contribution < 1.29 is 34.0 Å². The number of aliphatic hydroxyl groups is 2. The van der Waals surface area contributed by atoms with Crippen LogP contribution < -0.4 is 5.32 Å². The monoisotopic (exact) mass is 341 g/mol. The smallest absolute Gasteiger partial charge is 0.407 e. The van der Waals surface area contributed by atoms with Gasteiger partial charge in [0.05, 0.1) is 6.61 Å². The lowest BCUT2D eigenvalue weighted by Gasteiger charge is -2.43. The van der Waals surface area contributed by atoms with E-state index in [1.165, 1.54) is 14.2 Å². The molecular weight excluding hydrogens is 318 g/mol. The molecule has 0 unspecified atom stereocenters. The number of alkyl carbamates (subject to hydrolysis) is 1. The first-order chi connectivity index (χ1) is 11.6. The van der Waals surface area contributed by atoms with Gasteiger partial charge in [-0.05, 0) is 5.56 Å². The average molecular weight is 341 g/mol. The molecule has 3 N–H and O–H groups in total. The zero-order chi connectivity index (χ0) is 17.5. The molecule has 1 amide bonds. The fourth-order valence-corrected chi connectivity index (χ4v) is 2.61. The lowest BCUT2D eigenvalue weighted by molar-refractivity contribution is -0.266. The number of hydrogen-bond donors (Lipinski definition) is 3. The van der Waals surface area contributed by atoms with E-state index in [0.717, 1.165) is 5.56 Å². The number of nitrogens with one attached hydrogen (secondary N) is 1. The third-order valence-corrected chi connectivity index (χ3v) is 3.86. The van der Waals surface area contributed by atoms with Gasteiger partial charge in [0, 0.05) is 14.2 Å². The molecule has 1 aliphatic rings. The molecule has 1 aromatic rings. The molecule has 1 saturated heterocycles. The Morgan fingerprint density at radius 1 is 1.25 bits per heavy atom. The summed E-state index contributed by atoms with van der Waals surface area (Å²) in [7, 11) is 2.79. The van der Waals surface area contributed by atoms with Crippen LogP contribution >= 0.6 is 0 Å². The van der Waals surface area contributed by atoms with Gasteiger partial charge in [-0.3, -0.25) is 0 Å². The second kappa shape index (κ2) is 8.95. The van der Waals surface area contributed by atoms with E-state index in [2.05, 4.69) is 5.32 Å². The van der Waals surface area contributed by atoms with Crippen LogP contribution in [0.1, 0.15) is 5.56 Å². The number of methoxy groups -OCH3 is 2. The highest BCUT2D eigenvalue weighted by Gasteiger charge is 2.46. The van der Waals surface area contributed by atoms with E-state index in [9.17, 15) is 15.0 Å². The summed E-state index contributed by atoms with van der Waals surface area (Å²) in [6.45, 7) is -0.288. The van der Waals surface area contributed by atoms with Crippen molar-refractivity contribution in [3.8, 4) is 0 Å². The van der Waals surface area contributed by atoms with E-state index >= 15 is 0 Å². The van der Waals surface area contributed by atoms with Crippen LogP contribution in [-0.4, -0.2) is 67.8 Å². The van der Waals surface area contributed by atoms with Crippen molar-refractivity contribution in [3.05, 3.63) is 35.9 Å². The van der Waals surface area contributed by atoms with Gasteiger partial charge in [-0.2, -0.15) is 0 Å². The zero-order valence-electron chi connectivity index (χ0n) is 13.6. The molecule has 2 rings (SSSR count). The number of carbonyl (C=O) groups is 1. The van der Waals surface area contributed by atoms with Crippen molar-refractivity contribution in [1.29, 1.82) is 0 Å². The summed E-state index contributed by atoms with van der Waals surface area (Å²) in [6, 6.07) is 8.44. The minimum Gasteiger partial charge on any atom is -0.445 e. The van der Waals surface area contributed by atoms with Crippen LogP contribution in [0.15, 0.2) is 30.3 Å². The van der Waals surface area contributed by atoms with Crippen LogP contribution in [0.5, 0.6) is 0 Å². The Morgan fingerprint density at radius 2 is 1.96 bits per heavy atom. The summed E-state index contributed by atoms with van der Waals surface area (Å²) in [4.78, 5) is 12.0. The molecule has 1 heterocycles. The summed E-state index contributed by atoms with van der Waals surface area (Å²) < 4.78 is 21.0. The van der Waals surface area contributed by atoms with Crippen LogP contribution in [0.4, 0.5) is 4.79 Å². The van der Waals surface area contributed by atoms with E-state index in [4.69, 9.17) is 18.9 Å². The zero-order valence-corrected chi connectivity index (χ0v) is 13.6. The number of hydrogen-bond acceptors (Lipinski definition) is 7. The Morgan fingerprint density at radius 3 is 2.54 bits per heavy atom. The Balaban J connectivity index is 1.98. The molecule has 134 valence electrons. The normalized spacial score (nSPS) is 29.9. The lowest BCUT2D eigenvalue weighted by atomic mass is 9.97. The highest BCUT2D eigenvalue weighted by Crippen LogP contribution is 2.23. The predicted octanol–water partition coefficient (Wildman–Crippen LogP) is 0.0209. The summed E-state index contributed by atoms with van der Waals surface area (Å²) in [5, 5.41) is 22.0. The number of aliphatic hydroxyl groups excluding tert-OH is 2. The van der Waals surface area contributed by atoms with Crippen molar-refractivity contribution in [2.75, 3.05) is 20.8 Å². The summed E-state index contributed by atoms with van der Waals surface area (Å²) in [5.74, 6) is 0. The molecule has 0 radical (unpaired) electrons. The van der Waals surface area contributed by atoms with Gasteiger partial charge in [-0.15, -0.1) is 0 Å². The SMILES string of the molecule is CO[C@H]1O[C@H](CO)[C@@H](O)[C@H](OC)[C@@H]1NC(=O)OCc1ccccc1. The van der Waals surface area contributed by atoms with Gasteiger partial charge in [-0.25, -0.2) is 4.79 Å². The topological polar surface area (TPSA) is 106 Å². The van der Waals surface area contributed by atoms with E-state index in [1.54, 1.807) is 0 Å². The third kappa shape index (κ3) is 4.43. The van der Waals surface area contributed by atoms with Crippen molar-refractivity contribution >= 4 is 6.09 Å². The van der Waals surface area contributed by atoms with Gasteiger partial charge < -0.3 is 34.5 Å². The van der Waals surface area contributed by atoms with Crippen LogP contribution in [-0.2, 0) is 25.6 Å². The van der Waals surface area contributed by atoms with Crippen LogP contribution in [0.25, 0.3) is 0 Å². The van der Waals surface area contributed by atoms with Gasteiger partial charge in [-0.1, -0.05) is 30.3 Å². The molecule has 24 heavy (non-hydrogen) atoms. The van der Waals surface area contributed by atoms with Crippen molar-refractivity contribution in [1.82, 2.24) is 5.32 Å². The first kappa shape index (κ1) is 18.6. The van der Waals surface area contributed by atoms with Gasteiger partial charge in [0.1, 0.15) is 31.0 Å². The molecule has 0 aliphatic carbocycles. The minimum atomic E-state index is -1.12. The third-order valence-electron chi connectivity index (χ3n) is 3.86. The van der Waals surface area contributed by atoms with E-state index in [1.807, 2.05) is 30.3 Å². The van der Waals surface area contributed by atoms with Gasteiger partial charge in [0.15, 0.2) is 6.29 Å². The maximum absolute atomic E-state index is 12.0. The first-order valence-electron chi connectivity index (χ1n) is 7.58. The molecule has 1 aliphatic heterocycles. The molecule has 0 saturated carbocycles. The number of carbonyl (C=O) groups excluding carboxylic acids is 1. The molecule has 0 aromatic heterocycles. The van der Waals surface area contributed by atoms with E-state index in [-0.39, 0.29) is 6.61 Å². The van der Waals surface area contributed by atoms with Crippen molar-refractivity contribution in [2.45, 2.75) is 37.3 Å². The Bertz CT molecular complexity index is 512. The Hall–Kier alpha value is -1.71. The molecule has 1 aromatic carbocycles. The summed E-state index contributed by atoms with van der Waals surface area (Å²) in [6.07, 6.45) is -4.37. The number of benzene rings is 1. The second-order valence-corrected chi connectivity index (χ2v) is 5.38.